The van der Waals surface area contributed by atoms with E-state index in [-0.39, 0.29) is 21.2 Å². The molecule has 28 heavy (non-hydrogen) atoms. The molecule has 0 fully saturated rings. The second-order valence-corrected chi connectivity index (χ2v) is 9.96. The van der Waals surface area contributed by atoms with Gasteiger partial charge in [0.2, 0.25) is 0 Å². The second kappa shape index (κ2) is 7.02. The average Bonchev–Trinajstić information content (AvgIpc) is 2.90. The molecule has 148 valence electrons. The van der Waals surface area contributed by atoms with Crippen molar-refractivity contribution in [2.45, 2.75) is 30.6 Å². The standard InChI is InChI=1S/C18H19N3O5S2/c1-12(2)18(22)21(28(25,26)14-10-8-13(3)9-11-14)19-17-15-6-4-5-7-16(15)27(23,24)20-17/h4-12H,1-3H3,(H,19,20). The third-order valence-corrected chi connectivity index (χ3v) is 7.05. The zero-order chi connectivity index (χ0) is 20.7. The SMILES string of the molecule is Cc1ccc(S(=O)(=O)N(NC2=NS(=O)(=O)c3ccccc32)C(=O)C(C)C)cc1. The Labute approximate surface area is 164 Å². The topological polar surface area (TPSA) is 113 Å². The molecule has 10 heteroatoms. The van der Waals surface area contributed by atoms with Crippen LogP contribution < -0.4 is 5.43 Å². The largest absolute Gasteiger partial charge is 0.285 e. The first kappa shape index (κ1) is 20.0. The summed E-state index contributed by atoms with van der Waals surface area (Å²) in [5.41, 5.74) is 3.48. The van der Waals surface area contributed by atoms with E-state index in [0.29, 0.717) is 4.41 Å². The highest BCUT2D eigenvalue weighted by molar-refractivity contribution is 7.91. The fourth-order valence-corrected chi connectivity index (χ4v) is 5.08. The number of nitrogens with one attached hydrogen (secondary N) is 1. The Bertz CT molecular complexity index is 1170. The predicted molar refractivity (Wildman–Crippen MR) is 103 cm³/mol. The fourth-order valence-electron chi connectivity index (χ4n) is 2.57. The lowest BCUT2D eigenvalue weighted by Gasteiger charge is -2.25. The number of rotatable bonds is 3. The fraction of sp³-hybridized carbons (Fsp3) is 0.222. The van der Waals surface area contributed by atoms with Crippen LogP contribution in [0, 0.1) is 12.8 Å². The van der Waals surface area contributed by atoms with Crippen LogP contribution in [0.1, 0.15) is 25.0 Å². The Morgan fingerprint density at radius 3 is 2.29 bits per heavy atom. The molecule has 0 saturated carbocycles. The number of carbonyl (C=O) groups excluding carboxylic acids is 1. The number of fused-ring (bicyclic) bond motifs is 1. The molecule has 1 amide bonds. The molecule has 2 aromatic carbocycles. The molecule has 1 heterocycles. The highest BCUT2D eigenvalue weighted by Crippen LogP contribution is 2.26. The van der Waals surface area contributed by atoms with Gasteiger partial charge < -0.3 is 0 Å². The van der Waals surface area contributed by atoms with E-state index in [2.05, 4.69) is 9.82 Å². The van der Waals surface area contributed by atoms with Crippen LogP contribution in [-0.4, -0.2) is 33.0 Å². The van der Waals surface area contributed by atoms with Gasteiger partial charge in [0, 0.05) is 11.5 Å². The van der Waals surface area contributed by atoms with E-state index in [0.717, 1.165) is 5.56 Å². The average molecular weight is 422 g/mol. The van der Waals surface area contributed by atoms with Crippen molar-refractivity contribution < 1.29 is 21.6 Å². The van der Waals surface area contributed by atoms with Crippen molar-refractivity contribution in [2.24, 2.45) is 10.3 Å². The molecule has 0 aliphatic carbocycles. The molecule has 0 radical (unpaired) electrons. The van der Waals surface area contributed by atoms with E-state index < -0.39 is 31.9 Å². The molecule has 1 N–H and O–H groups in total. The Kier molecular flexibility index (Phi) is 5.02. The number of benzene rings is 2. The lowest BCUT2D eigenvalue weighted by Crippen LogP contribution is -2.51. The summed E-state index contributed by atoms with van der Waals surface area (Å²) < 4.78 is 54.7. The van der Waals surface area contributed by atoms with E-state index in [1.165, 1.54) is 30.3 Å². The number of sulfonamides is 2. The molecule has 1 aliphatic rings. The Hall–Kier alpha value is -2.72. The van der Waals surface area contributed by atoms with Gasteiger partial charge in [-0.2, -0.15) is 16.8 Å². The van der Waals surface area contributed by atoms with Crippen molar-refractivity contribution >= 4 is 31.8 Å². The third-order valence-electron chi connectivity index (χ3n) is 4.09. The van der Waals surface area contributed by atoms with Crippen LogP contribution in [0.25, 0.3) is 0 Å². The third kappa shape index (κ3) is 3.52. The maximum absolute atomic E-state index is 13.1. The van der Waals surface area contributed by atoms with Crippen molar-refractivity contribution in [1.82, 2.24) is 9.84 Å². The molecule has 8 nitrogen and oxygen atoms in total. The summed E-state index contributed by atoms with van der Waals surface area (Å²) in [6.45, 7) is 4.90. The van der Waals surface area contributed by atoms with E-state index in [1.54, 1.807) is 39.0 Å². The monoisotopic (exact) mass is 421 g/mol. The smallest absolute Gasteiger partial charge is 0.272 e. The Morgan fingerprint density at radius 1 is 1.07 bits per heavy atom. The molecule has 0 bridgehead atoms. The van der Waals surface area contributed by atoms with E-state index >= 15 is 0 Å². The van der Waals surface area contributed by atoms with Gasteiger partial charge in [-0.05, 0) is 31.2 Å². The van der Waals surface area contributed by atoms with Gasteiger partial charge in [0.25, 0.3) is 26.0 Å². The summed E-state index contributed by atoms with van der Waals surface area (Å²) in [5.74, 6) is -1.63. The van der Waals surface area contributed by atoms with Gasteiger partial charge in [-0.25, -0.2) is 0 Å². The van der Waals surface area contributed by atoms with Gasteiger partial charge in [0.05, 0.1) is 4.90 Å². The van der Waals surface area contributed by atoms with Gasteiger partial charge in [-0.1, -0.05) is 43.7 Å². The van der Waals surface area contributed by atoms with E-state index in [9.17, 15) is 21.6 Å². The second-order valence-electron chi connectivity index (χ2n) is 6.60. The van der Waals surface area contributed by atoms with Crippen LogP contribution in [0.5, 0.6) is 0 Å². The molecule has 2 aromatic rings. The number of hydrazine groups is 1. The van der Waals surface area contributed by atoms with Gasteiger partial charge >= 0.3 is 0 Å². The first-order valence-electron chi connectivity index (χ1n) is 8.41. The van der Waals surface area contributed by atoms with Gasteiger partial charge in [-0.3, -0.25) is 10.2 Å². The molecule has 0 aromatic heterocycles. The maximum atomic E-state index is 13.1. The van der Waals surface area contributed by atoms with Crippen molar-refractivity contribution in [1.29, 1.82) is 0 Å². The van der Waals surface area contributed by atoms with Gasteiger partial charge in [0.15, 0.2) is 5.84 Å². The molecular formula is C18H19N3O5S2. The number of aryl methyl sites for hydroxylation is 1. The zero-order valence-electron chi connectivity index (χ0n) is 15.4. The summed E-state index contributed by atoms with van der Waals surface area (Å²) in [5, 5.41) is 0. The van der Waals surface area contributed by atoms with Crippen LogP contribution in [0.15, 0.2) is 62.7 Å². The first-order valence-corrected chi connectivity index (χ1v) is 11.3. The highest BCUT2D eigenvalue weighted by atomic mass is 32.2. The lowest BCUT2D eigenvalue weighted by atomic mass is 10.2. The Balaban J connectivity index is 2.08. The van der Waals surface area contributed by atoms with Crippen LogP contribution in [0.3, 0.4) is 0 Å². The quantitative estimate of drug-likeness (QED) is 0.757. The molecule has 3 rings (SSSR count). The zero-order valence-corrected chi connectivity index (χ0v) is 17.1. The van der Waals surface area contributed by atoms with E-state index in [1.807, 2.05) is 0 Å². The van der Waals surface area contributed by atoms with Crippen molar-refractivity contribution in [2.75, 3.05) is 0 Å². The maximum Gasteiger partial charge on any atom is 0.285 e. The van der Waals surface area contributed by atoms with Gasteiger partial charge in [0.1, 0.15) is 4.90 Å². The lowest BCUT2D eigenvalue weighted by molar-refractivity contribution is -0.130. The number of amides is 1. The van der Waals surface area contributed by atoms with Crippen molar-refractivity contribution in [3.8, 4) is 0 Å². The summed E-state index contributed by atoms with van der Waals surface area (Å²) >= 11 is 0. The molecule has 0 atom stereocenters. The number of carbonyl (C=O) groups is 1. The molecule has 1 aliphatic heterocycles. The summed E-state index contributed by atoms with van der Waals surface area (Å²) in [6.07, 6.45) is 0. The summed E-state index contributed by atoms with van der Waals surface area (Å²) in [7, 11) is -8.26. The highest BCUT2D eigenvalue weighted by Gasteiger charge is 2.36. The summed E-state index contributed by atoms with van der Waals surface area (Å²) in [4.78, 5) is 12.5. The normalized spacial score (nSPS) is 15.1. The van der Waals surface area contributed by atoms with Crippen molar-refractivity contribution in [3.63, 3.8) is 0 Å². The molecular weight excluding hydrogens is 402 g/mol. The number of amidine groups is 1. The first-order chi connectivity index (χ1) is 13.0. The predicted octanol–water partition coefficient (Wildman–Crippen LogP) is 1.82. The van der Waals surface area contributed by atoms with Crippen LogP contribution in [0.2, 0.25) is 0 Å². The van der Waals surface area contributed by atoms with Crippen LogP contribution in [-0.2, 0) is 24.8 Å². The molecule has 0 saturated heterocycles. The van der Waals surface area contributed by atoms with E-state index in [4.69, 9.17) is 0 Å². The number of nitrogens with zero attached hydrogens (tertiary/aromatic N) is 2. The minimum Gasteiger partial charge on any atom is -0.272 e. The minimum absolute atomic E-state index is 0.0535. The summed E-state index contributed by atoms with van der Waals surface area (Å²) in [6, 6.07) is 12.0. The minimum atomic E-state index is -4.29. The molecule has 0 unspecified atom stereocenters. The number of hydrogen-bond donors (Lipinski definition) is 1. The van der Waals surface area contributed by atoms with Crippen molar-refractivity contribution in [3.05, 3.63) is 59.7 Å². The molecule has 0 spiro atoms. The van der Waals surface area contributed by atoms with Crippen LogP contribution in [0.4, 0.5) is 0 Å². The van der Waals surface area contributed by atoms with Crippen LogP contribution >= 0.6 is 0 Å². The Morgan fingerprint density at radius 2 is 1.68 bits per heavy atom. The number of hydrogen-bond acceptors (Lipinski definition) is 6. The van der Waals surface area contributed by atoms with Gasteiger partial charge in [-0.15, -0.1) is 8.81 Å².